The molecule has 0 saturated carbocycles. The Morgan fingerprint density at radius 3 is 2.62 bits per heavy atom. The molecule has 3 N–H and O–H groups in total. The SMILES string of the molecule is C[C@H](COc1ccc(C2=CNNC(O)=C2)cc1)CN1CCCCC1. The van der Waals surface area contributed by atoms with Crippen LogP contribution in [0.15, 0.2) is 42.4 Å². The fraction of sp³-hybridized carbons (Fsp3) is 0.474. The molecule has 130 valence electrons. The highest BCUT2D eigenvalue weighted by atomic mass is 16.5. The lowest BCUT2D eigenvalue weighted by Crippen LogP contribution is -2.35. The Morgan fingerprint density at radius 1 is 1.17 bits per heavy atom. The fourth-order valence-corrected chi connectivity index (χ4v) is 3.20. The first-order valence-electron chi connectivity index (χ1n) is 8.79. The molecule has 5 heteroatoms. The maximum atomic E-state index is 9.49. The molecule has 24 heavy (non-hydrogen) atoms. The smallest absolute Gasteiger partial charge is 0.203 e. The minimum absolute atomic E-state index is 0.111. The van der Waals surface area contributed by atoms with E-state index >= 15 is 0 Å². The van der Waals surface area contributed by atoms with Gasteiger partial charge in [-0.05, 0) is 43.6 Å². The van der Waals surface area contributed by atoms with Crippen LogP contribution in [0, 0.1) is 5.92 Å². The van der Waals surface area contributed by atoms with Gasteiger partial charge in [0.15, 0.2) is 0 Å². The Kier molecular flexibility index (Phi) is 5.64. The maximum Gasteiger partial charge on any atom is 0.203 e. The van der Waals surface area contributed by atoms with Gasteiger partial charge in [-0.2, -0.15) is 0 Å². The lowest BCUT2D eigenvalue weighted by Gasteiger charge is -2.29. The molecule has 1 aromatic carbocycles. The molecule has 3 rings (SSSR count). The molecular formula is C19H27N3O2. The van der Waals surface area contributed by atoms with Crippen LogP contribution in [0.5, 0.6) is 5.75 Å². The molecule has 0 amide bonds. The number of aliphatic hydroxyl groups excluding tert-OH is 1. The monoisotopic (exact) mass is 329 g/mol. The predicted octanol–water partition coefficient (Wildman–Crippen LogP) is 3.04. The quantitative estimate of drug-likeness (QED) is 0.749. The summed E-state index contributed by atoms with van der Waals surface area (Å²) in [7, 11) is 0. The summed E-state index contributed by atoms with van der Waals surface area (Å²) in [6, 6.07) is 7.98. The van der Waals surface area contributed by atoms with E-state index in [1.165, 1.54) is 32.4 Å². The van der Waals surface area contributed by atoms with Crippen molar-refractivity contribution in [3.8, 4) is 5.75 Å². The second kappa shape index (κ2) is 8.11. The van der Waals surface area contributed by atoms with Crippen molar-refractivity contribution in [2.75, 3.05) is 26.2 Å². The van der Waals surface area contributed by atoms with Crippen LogP contribution in [0.2, 0.25) is 0 Å². The number of hydrazine groups is 1. The summed E-state index contributed by atoms with van der Waals surface area (Å²) in [5.41, 5.74) is 7.39. The van der Waals surface area contributed by atoms with E-state index in [4.69, 9.17) is 4.74 Å². The Labute approximate surface area is 144 Å². The molecule has 1 fully saturated rings. The van der Waals surface area contributed by atoms with E-state index in [-0.39, 0.29) is 5.88 Å². The van der Waals surface area contributed by atoms with Crippen LogP contribution >= 0.6 is 0 Å². The van der Waals surface area contributed by atoms with E-state index in [2.05, 4.69) is 22.7 Å². The first-order chi connectivity index (χ1) is 11.7. The Balaban J connectivity index is 1.48. The highest BCUT2D eigenvalue weighted by molar-refractivity contribution is 5.74. The average Bonchev–Trinajstić information content (AvgIpc) is 2.61. The van der Waals surface area contributed by atoms with Crippen LogP contribution in [0.3, 0.4) is 0 Å². The van der Waals surface area contributed by atoms with Crippen LogP contribution in [-0.4, -0.2) is 36.2 Å². The van der Waals surface area contributed by atoms with E-state index in [0.29, 0.717) is 5.92 Å². The molecule has 0 spiro atoms. The summed E-state index contributed by atoms with van der Waals surface area (Å²) >= 11 is 0. The molecule has 0 unspecified atom stereocenters. The van der Waals surface area contributed by atoms with Gasteiger partial charge in [-0.15, -0.1) is 0 Å². The zero-order chi connectivity index (χ0) is 16.8. The predicted molar refractivity (Wildman–Crippen MR) is 96.4 cm³/mol. The number of rotatable bonds is 6. The van der Waals surface area contributed by atoms with Crippen molar-refractivity contribution < 1.29 is 9.84 Å². The molecular weight excluding hydrogens is 302 g/mol. The van der Waals surface area contributed by atoms with Crippen LogP contribution in [0.25, 0.3) is 5.57 Å². The van der Waals surface area contributed by atoms with Crippen LogP contribution in [-0.2, 0) is 0 Å². The molecule has 5 nitrogen and oxygen atoms in total. The molecule has 0 radical (unpaired) electrons. The van der Waals surface area contributed by atoms with Gasteiger partial charge in [0, 0.05) is 30.3 Å². The van der Waals surface area contributed by atoms with Gasteiger partial charge in [0.25, 0.3) is 0 Å². The zero-order valence-corrected chi connectivity index (χ0v) is 14.3. The number of ether oxygens (including phenoxy) is 1. The topological polar surface area (TPSA) is 56.8 Å². The lowest BCUT2D eigenvalue weighted by atomic mass is 10.1. The number of likely N-dealkylation sites (tertiary alicyclic amines) is 1. The second-order valence-corrected chi connectivity index (χ2v) is 6.70. The van der Waals surface area contributed by atoms with Gasteiger partial charge in [-0.3, -0.25) is 5.43 Å². The summed E-state index contributed by atoms with van der Waals surface area (Å²) in [5, 5.41) is 9.49. The third-order valence-electron chi connectivity index (χ3n) is 4.46. The summed E-state index contributed by atoms with van der Waals surface area (Å²) in [6.07, 6.45) is 7.55. The van der Waals surface area contributed by atoms with Gasteiger partial charge in [-0.1, -0.05) is 25.5 Å². The highest BCUT2D eigenvalue weighted by Gasteiger charge is 2.14. The number of piperidine rings is 1. The molecule has 0 aromatic heterocycles. The minimum atomic E-state index is 0.111. The summed E-state index contributed by atoms with van der Waals surface area (Å²) < 4.78 is 5.93. The number of nitrogens with one attached hydrogen (secondary N) is 2. The van der Waals surface area contributed by atoms with E-state index in [9.17, 15) is 5.11 Å². The van der Waals surface area contributed by atoms with Crippen molar-refractivity contribution >= 4 is 5.57 Å². The van der Waals surface area contributed by atoms with Gasteiger partial charge < -0.3 is 20.2 Å². The molecule has 1 aromatic rings. The zero-order valence-electron chi connectivity index (χ0n) is 14.3. The molecule has 0 bridgehead atoms. The molecule has 0 aliphatic carbocycles. The minimum Gasteiger partial charge on any atom is -0.494 e. The van der Waals surface area contributed by atoms with Gasteiger partial charge in [0.1, 0.15) is 5.75 Å². The van der Waals surface area contributed by atoms with Gasteiger partial charge >= 0.3 is 0 Å². The molecule has 2 heterocycles. The standard InChI is InChI=1S/C19H27N3O2/c1-15(13-22-9-3-2-4-10-22)14-24-18-7-5-16(6-8-18)17-11-19(23)21-20-12-17/h5-8,11-12,15,20-21,23H,2-4,9-10,13-14H2,1H3/t15-/m0/s1. The van der Waals surface area contributed by atoms with Crippen LogP contribution in [0.1, 0.15) is 31.7 Å². The third-order valence-corrected chi connectivity index (χ3v) is 4.46. The highest BCUT2D eigenvalue weighted by Crippen LogP contribution is 2.21. The second-order valence-electron chi connectivity index (χ2n) is 6.70. The average molecular weight is 329 g/mol. The fourth-order valence-electron chi connectivity index (χ4n) is 3.20. The Morgan fingerprint density at radius 2 is 1.92 bits per heavy atom. The van der Waals surface area contributed by atoms with Crippen molar-refractivity contribution in [3.05, 3.63) is 48.0 Å². The van der Waals surface area contributed by atoms with E-state index in [1.807, 2.05) is 30.5 Å². The molecule has 2 aliphatic heterocycles. The number of hydrogen-bond donors (Lipinski definition) is 3. The van der Waals surface area contributed by atoms with Crippen molar-refractivity contribution in [3.63, 3.8) is 0 Å². The van der Waals surface area contributed by atoms with Gasteiger partial charge in [0.2, 0.25) is 5.88 Å². The van der Waals surface area contributed by atoms with Crippen molar-refractivity contribution in [2.45, 2.75) is 26.2 Å². The normalized spacial score (nSPS) is 19.5. The van der Waals surface area contributed by atoms with Crippen LogP contribution in [0.4, 0.5) is 0 Å². The first-order valence-corrected chi connectivity index (χ1v) is 8.79. The van der Waals surface area contributed by atoms with Gasteiger partial charge in [-0.25, -0.2) is 0 Å². The summed E-state index contributed by atoms with van der Waals surface area (Å²) in [6.45, 7) is 6.58. The maximum absolute atomic E-state index is 9.49. The summed E-state index contributed by atoms with van der Waals surface area (Å²) in [4.78, 5) is 2.55. The van der Waals surface area contributed by atoms with Crippen LogP contribution < -0.4 is 15.6 Å². The molecule has 1 atom stereocenters. The summed E-state index contributed by atoms with van der Waals surface area (Å²) in [5.74, 6) is 1.53. The van der Waals surface area contributed by atoms with E-state index in [0.717, 1.165) is 30.0 Å². The lowest BCUT2D eigenvalue weighted by molar-refractivity contribution is 0.165. The number of hydrogen-bond acceptors (Lipinski definition) is 5. The third kappa shape index (κ3) is 4.68. The number of allylic oxidation sites excluding steroid dienone is 2. The Bertz CT molecular complexity index is 589. The first kappa shape index (κ1) is 16.7. The van der Waals surface area contributed by atoms with E-state index in [1.54, 1.807) is 6.08 Å². The van der Waals surface area contributed by atoms with Crippen molar-refractivity contribution in [1.82, 2.24) is 15.8 Å². The number of nitrogens with zero attached hydrogens (tertiary/aromatic N) is 1. The Hall–Kier alpha value is -2.14. The van der Waals surface area contributed by atoms with Crippen molar-refractivity contribution in [2.24, 2.45) is 5.92 Å². The van der Waals surface area contributed by atoms with Crippen molar-refractivity contribution in [1.29, 1.82) is 0 Å². The largest absolute Gasteiger partial charge is 0.494 e. The number of benzene rings is 1. The number of aliphatic hydroxyl groups is 1. The van der Waals surface area contributed by atoms with E-state index < -0.39 is 0 Å². The molecule has 1 saturated heterocycles. The molecule has 2 aliphatic rings. The van der Waals surface area contributed by atoms with Gasteiger partial charge in [0.05, 0.1) is 6.61 Å².